The number of rotatable bonds is 10. The molecule has 0 spiro atoms. The Hall–Kier alpha value is -1.78. The van der Waals surface area contributed by atoms with Crippen molar-refractivity contribution in [2.24, 2.45) is 4.99 Å². The number of nitrogens with one attached hydrogen (secondary N) is 2. The highest BCUT2D eigenvalue weighted by atomic mass is 127. The summed E-state index contributed by atoms with van der Waals surface area (Å²) in [7, 11) is 1.67. The van der Waals surface area contributed by atoms with Crippen LogP contribution in [0.4, 0.5) is 0 Å². The molecule has 166 valence electrons. The molecule has 0 amide bonds. The van der Waals surface area contributed by atoms with E-state index < -0.39 is 0 Å². The number of benzene rings is 1. The summed E-state index contributed by atoms with van der Waals surface area (Å²) in [5, 5.41) is 6.82. The van der Waals surface area contributed by atoms with Gasteiger partial charge < -0.3 is 29.3 Å². The van der Waals surface area contributed by atoms with E-state index in [2.05, 4.69) is 17.6 Å². The first-order valence-corrected chi connectivity index (χ1v) is 10.1. The Labute approximate surface area is 195 Å². The second-order valence-electron chi connectivity index (χ2n) is 7.13. The molecular weight excluding hydrogens is 497 g/mol. The predicted octanol–water partition coefficient (Wildman–Crippen LogP) is 3.38. The first kappa shape index (κ1) is 24.5. The van der Waals surface area contributed by atoms with E-state index in [1.807, 2.05) is 36.4 Å². The summed E-state index contributed by atoms with van der Waals surface area (Å²) in [5.41, 5.74) is 1.12. The van der Waals surface area contributed by atoms with Crippen LogP contribution in [0, 0.1) is 0 Å². The van der Waals surface area contributed by atoms with Crippen LogP contribution in [0.1, 0.15) is 24.7 Å². The Balaban J connectivity index is 0.00000320. The molecule has 1 fully saturated rings. The minimum Gasteiger partial charge on any atom is -0.497 e. The van der Waals surface area contributed by atoms with E-state index in [9.17, 15) is 0 Å². The summed E-state index contributed by atoms with van der Waals surface area (Å²) in [5.74, 6) is 2.55. The second-order valence-corrected chi connectivity index (χ2v) is 7.13. The minimum atomic E-state index is 0. The van der Waals surface area contributed by atoms with Crippen molar-refractivity contribution in [2.45, 2.75) is 38.5 Å². The lowest BCUT2D eigenvalue weighted by atomic mass is 10.2. The van der Waals surface area contributed by atoms with Crippen molar-refractivity contribution in [3.05, 3.63) is 54.0 Å². The van der Waals surface area contributed by atoms with Crippen molar-refractivity contribution >= 4 is 29.9 Å². The summed E-state index contributed by atoms with van der Waals surface area (Å²) in [6.07, 6.45) is 3.65. The third kappa shape index (κ3) is 8.53. The maximum Gasteiger partial charge on any atom is 0.191 e. The smallest absolute Gasteiger partial charge is 0.191 e. The summed E-state index contributed by atoms with van der Waals surface area (Å²) < 4.78 is 21.9. The molecule has 2 atom stereocenters. The van der Waals surface area contributed by atoms with Crippen molar-refractivity contribution in [1.29, 1.82) is 0 Å². The van der Waals surface area contributed by atoms with Crippen LogP contribution in [-0.4, -0.2) is 51.6 Å². The highest BCUT2D eigenvalue weighted by molar-refractivity contribution is 14.0. The highest BCUT2D eigenvalue weighted by Crippen LogP contribution is 2.12. The van der Waals surface area contributed by atoms with Gasteiger partial charge in [0.15, 0.2) is 5.96 Å². The Bertz CT molecular complexity index is 731. The SMILES string of the molecule is COc1ccc(CN=C(NCCc2ccco2)NC(C)COC2CCOC2)cc1.I. The van der Waals surface area contributed by atoms with E-state index in [-0.39, 0.29) is 36.1 Å². The molecule has 0 radical (unpaired) electrons. The summed E-state index contributed by atoms with van der Waals surface area (Å²) in [6.45, 7) is 5.47. The first-order valence-electron chi connectivity index (χ1n) is 10.1. The number of furan rings is 1. The molecule has 3 rings (SSSR count). The number of nitrogens with zero attached hydrogens (tertiary/aromatic N) is 1. The topological polar surface area (TPSA) is 77.2 Å². The molecule has 0 bridgehead atoms. The fraction of sp³-hybridized carbons (Fsp3) is 0.500. The van der Waals surface area contributed by atoms with Gasteiger partial charge in [0.25, 0.3) is 0 Å². The minimum absolute atomic E-state index is 0. The second kappa shape index (κ2) is 13.5. The number of guanidine groups is 1. The number of methoxy groups -OCH3 is 1. The quantitative estimate of drug-likeness (QED) is 0.279. The molecule has 2 heterocycles. The monoisotopic (exact) mass is 529 g/mol. The molecule has 1 aliphatic heterocycles. The zero-order valence-corrected chi connectivity index (χ0v) is 20.0. The van der Waals surface area contributed by atoms with Gasteiger partial charge in [0.1, 0.15) is 11.5 Å². The molecule has 0 saturated carbocycles. The number of halogens is 1. The number of aliphatic imine (C=N–C) groups is 1. The van der Waals surface area contributed by atoms with Crippen LogP contribution in [0.25, 0.3) is 0 Å². The molecule has 30 heavy (non-hydrogen) atoms. The van der Waals surface area contributed by atoms with Gasteiger partial charge in [-0.25, -0.2) is 4.99 Å². The maximum atomic E-state index is 5.92. The van der Waals surface area contributed by atoms with Gasteiger partial charge in [-0.1, -0.05) is 12.1 Å². The summed E-state index contributed by atoms with van der Waals surface area (Å²) >= 11 is 0. The molecule has 1 aromatic heterocycles. The van der Waals surface area contributed by atoms with E-state index in [1.54, 1.807) is 13.4 Å². The Morgan fingerprint density at radius 2 is 2.10 bits per heavy atom. The fourth-order valence-electron chi connectivity index (χ4n) is 3.01. The van der Waals surface area contributed by atoms with Gasteiger partial charge in [0.05, 0.1) is 39.2 Å². The Morgan fingerprint density at radius 3 is 2.77 bits per heavy atom. The zero-order valence-electron chi connectivity index (χ0n) is 17.6. The number of hydrogen-bond acceptors (Lipinski definition) is 5. The van der Waals surface area contributed by atoms with Gasteiger partial charge in [0.2, 0.25) is 0 Å². The highest BCUT2D eigenvalue weighted by Gasteiger charge is 2.17. The van der Waals surface area contributed by atoms with Crippen molar-refractivity contribution in [3.63, 3.8) is 0 Å². The van der Waals surface area contributed by atoms with Gasteiger partial charge in [-0.2, -0.15) is 0 Å². The Morgan fingerprint density at radius 1 is 1.27 bits per heavy atom. The molecule has 8 heteroatoms. The lowest BCUT2D eigenvalue weighted by molar-refractivity contribution is 0.0347. The van der Waals surface area contributed by atoms with Gasteiger partial charge in [-0.3, -0.25) is 0 Å². The molecular formula is C22H32IN3O4. The van der Waals surface area contributed by atoms with Crippen molar-refractivity contribution in [3.8, 4) is 5.75 Å². The summed E-state index contributed by atoms with van der Waals surface area (Å²) in [4.78, 5) is 4.73. The van der Waals surface area contributed by atoms with Crippen LogP contribution in [0.3, 0.4) is 0 Å². The van der Waals surface area contributed by atoms with Crippen LogP contribution in [0.15, 0.2) is 52.1 Å². The lowest BCUT2D eigenvalue weighted by Gasteiger charge is -2.20. The van der Waals surface area contributed by atoms with Crippen LogP contribution in [0.2, 0.25) is 0 Å². The fourth-order valence-corrected chi connectivity index (χ4v) is 3.01. The standard InChI is InChI=1S/C22H31N3O4.HI/c1-17(15-29-21-10-13-27-16-21)25-22(23-11-9-20-4-3-12-28-20)24-14-18-5-7-19(26-2)8-6-18;/h3-8,12,17,21H,9-11,13-16H2,1-2H3,(H2,23,24,25);1H. The molecule has 7 nitrogen and oxygen atoms in total. The molecule has 1 aliphatic rings. The van der Waals surface area contributed by atoms with Crippen LogP contribution < -0.4 is 15.4 Å². The zero-order chi connectivity index (χ0) is 20.3. The molecule has 2 N–H and O–H groups in total. The van der Waals surface area contributed by atoms with E-state index in [0.717, 1.165) is 49.0 Å². The van der Waals surface area contributed by atoms with E-state index in [4.69, 9.17) is 23.6 Å². The van der Waals surface area contributed by atoms with Gasteiger partial charge >= 0.3 is 0 Å². The molecule has 2 aromatic rings. The molecule has 2 unspecified atom stereocenters. The first-order chi connectivity index (χ1) is 14.2. The van der Waals surface area contributed by atoms with Gasteiger partial charge in [-0.15, -0.1) is 24.0 Å². The third-order valence-corrected chi connectivity index (χ3v) is 4.68. The normalized spacial score (nSPS) is 17.3. The van der Waals surface area contributed by atoms with Crippen molar-refractivity contribution < 1.29 is 18.6 Å². The number of hydrogen-bond donors (Lipinski definition) is 2. The van der Waals surface area contributed by atoms with E-state index >= 15 is 0 Å². The predicted molar refractivity (Wildman–Crippen MR) is 128 cm³/mol. The van der Waals surface area contributed by atoms with Gasteiger partial charge in [-0.05, 0) is 43.2 Å². The maximum absolute atomic E-state index is 5.92. The number of ether oxygens (including phenoxy) is 3. The van der Waals surface area contributed by atoms with Crippen LogP contribution in [0.5, 0.6) is 5.75 Å². The van der Waals surface area contributed by atoms with Crippen LogP contribution >= 0.6 is 24.0 Å². The van der Waals surface area contributed by atoms with E-state index in [0.29, 0.717) is 19.8 Å². The van der Waals surface area contributed by atoms with Crippen molar-refractivity contribution in [1.82, 2.24) is 10.6 Å². The average Bonchev–Trinajstić information content (AvgIpc) is 3.45. The molecule has 1 aromatic carbocycles. The molecule has 0 aliphatic carbocycles. The Kier molecular flexibility index (Phi) is 11.0. The largest absolute Gasteiger partial charge is 0.497 e. The summed E-state index contributed by atoms with van der Waals surface area (Å²) in [6, 6.07) is 11.9. The van der Waals surface area contributed by atoms with Crippen LogP contribution in [-0.2, 0) is 22.4 Å². The lowest BCUT2D eigenvalue weighted by Crippen LogP contribution is -2.45. The van der Waals surface area contributed by atoms with Gasteiger partial charge in [0, 0.05) is 25.6 Å². The van der Waals surface area contributed by atoms with Crippen molar-refractivity contribution in [2.75, 3.05) is 33.5 Å². The third-order valence-electron chi connectivity index (χ3n) is 4.68. The molecule has 1 saturated heterocycles. The average molecular weight is 529 g/mol. The van der Waals surface area contributed by atoms with E-state index in [1.165, 1.54) is 0 Å².